The van der Waals surface area contributed by atoms with Gasteiger partial charge in [-0.15, -0.1) is 11.3 Å². The summed E-state index contributed by atoms with van der Waals surface area (Å²) in [5.41, 5.74) is 1.49. The van der Waals surface area contributed by atoms with E-state index in [0.717, 1.165) is 9.35 Å². The summed E-state index contributed by atoms with van der Waals surface area (Å²) in [6.45, 7) is 1.87. The fourth-order valence-corrected chi connectivity index (χ4v) is 2.99. The number of amides is 1. The maximum atomic E-state index is 12.1. The van der Waals surface area contributed by atoms with Gasteiger partial charge in [0.05, 0.1) is 21.5 Å². The Labute approximate surface area is 128 Å². The van der Waals surface area contributed by atoms with Gasteiger partial charge < -0.3 is 10.1 Å². The molecule has 0 radical (unpaired) electrons. The third kappa shape index (κ3) is 3.29. The molecule has 2 rings (SSSR count). The highest BCUT2D eigenvalue weighted by Crippen LogP contribution is 2.32. The highest BCUT2D eigenvalue weighted by molar-refractivity contribution is 9.11. The lowest BCUT2D eigenvalue weighted by Gasteiger charge is -2.11. The Morgan fingerprint density at radius 3 is 2.74 bits per heavy atom. The van der Waals surface area contributed by atoms with Crippen LogP contribution < -0.4 is 10.1 Å². The summed E-state index contributed by atoms with van der Waals surface area (Å²) in [5.74, 6) is 0.371. The van der Waals surface area contributed by atoms with Crippen molar-refractivity contribution in [1.82, 2.24) is 0 Å². The third-order valence-electron chi connectivity index (χ3n) is 2.53. The number of ether oxygens (including phenoxy) is 1. The Bertz CT molecular complexity index is 627. The van der Waals surface area contributed by atoms with Crippen LogP contribution in [-0.2, 0) is 0 Å². The maximum absolute atomic E-state index is 12.1. The number of aryl methyl sites for hydroxylation is 1. The molecule has 1 aromatic heterocycles. The molecule has 0 bridgehead atoms. The van der Waals surface area contributed by atoms with Crippen LogP contribution >= 0.6 is 38.9 Å². The number of halogens is 2. The predicted molar refractivity (Wildman–Crippen MR) is 82.7 cm³/mol. The van der Waals surface area contributed by atoms with Crippen LogP contribution in [0.1, 0.15) is 15.2 Å². The summed E-state index contributed by atoms with van der Waals surface area (Å²) in [6.07, 6.45) is 0. The Balaban J connectivity index is 2.28. The Morgan fingerprint density at radius 1 is 1.42 bits per heavy atom. The van der Waals surface area contributed by atoms with E-state index in [1.165, 1.54) is 11.3 Å². The van der Waals surface area contributed by atoms with Crippen molar-refractivity contribution >= 4 is 50.5 Å². The average molecular weight is 361 g/mol. The van der Waals surface area contributed by atoms with Crippen LogP contribution in [0.2, 0.25) is 5.02 Å². The van der Waals surface area contributed by atoms with E-state index in [0.29, 0.717) is 21.3 Å². The standard InChI is InChI=1S/C13H11BrClNO2S/c1-7-5-9(10(18-2)6-8(7)15)16-13(17)11-3-4-12(14)19-11/h3-6H,1-2H3,(H,16,17). The summed E-state index contributed by atoms with van der Waals surface area (Å²) >= 11 is 10.7. The summed E-state index contributed by atoms with van der Waals surface area (Å²) < 4.78 is 6.13. The molecular formula is C13H11BrClNO2S. The van der Waals surface area contributed by atoms with E-state index in [-0.39, 0.29) is 5.91 Å². The lowest BCUT2D eigenvalue weighted by molar-refractivity contribution is 0.103. The van der Waals surface area contributed by atoms with Crippen LogP contribution in [0.4, 0.5) is 5.69 Å². The van der Waals surface area contributed by atoms with Crippen molar-refractivity contribution in [3.05, 3.63) is 43.5 Å². The second-order valence-corrected chi connectivity index (χ2v) is 6.73. The van der Waals surface area contributed by atoms with Gasteiger partial charge in [-0.05, 0) is 46.6 Å². The normalized spacial score (nSPS) is 10.3. The number of nitrogens with one attached hydrogen (secondary N) is 1. The number of carbonyl (C=O) groups is 1. The number of carbonyl (C=O) groups excluding carboxylic acids is 1. The van der Waals surface area contributed by atoms with Crippen molar-refractivity contribution in [2.24, 2.45) is 0 Å². The van der Waals surface area contributed by atoms with Gasteiger partial charge in [-0.1, -0.05) is 11.6 Å². The summed E-state index contributed by atoms with van der Waals surface area (Å²) in [4.78, 5) is 12.7. The molecule has 0 aliphatic carbocycles. The first-order chi connectivity index (χ1) is 9.01. The van der Waals surface area contributed by atoms with Crippen molar-refractivity contribution in [3.63, 3.8) is 0 Å². The van der Waals surface area contributed by atoms with E-state index in [1.807, 2.05) is 13.0 Å². The van der Waals surface area contributed by atoms with Crippen molar-refractivity contribution in [3.8, 4) is 5.75 Å². The molecule has 1 amide bonds. The monoisotopic (exact) mass is 359 g/mol. The topological polar surface area (TPSA) is 38.3 Å². The van der Waals surface area contributed by atoms with Crippen LogP contribution in [0.3, 0.4) is 0 Å². The van der Waals surface area contributed by atoms with Crippen LogP contribution in [0.25, 0.3) is 0 Å². The van der Waals surface area contributed by atoms with Gasteiger partial charge >= 0.3 is 0 Å². The molecule has 0 saturated carbocycles. The highest BCUT2D eigenvalue weighted by Gasteiger charge is 2.13. The first-order valence-corrected chi connectivity index (χ1v) is 7.41. The molecule has 1 aromatic carbocycles. The first kappa shape index (κ1) is 14.4. The molecule has 0 unspecified atom stereocenters. The van der Waals surface area contributed by atoms with Crippen LogP contribution in [-0.4, -0.2) is 13.0 Å². The zero-order valence-corrected chi connectivity index (χ0v) is 13.4. The van der Waals surface area contributed by atoms with Gasteiger partial charge in [-0.25, -0.2) is 0 Å². The molecule has 6 heteroatoms. The minimum absolute atomic E-state index is 0.171. The number of methoxy groups -OCH3 is 1. The van der Waals surface area contributed by atoms with Crippen molar-refractivity contribution in [2.75, 3.05) is 12.4 Å². The molecule has 1 N–H and O–H groups in total. The van der Waals surface area contributed by atoms with Gasteiger partial charge in [-0.3, -0.25) is 4.79 Å². The van der Waals surface area contributed by atoms with E-state index in [2.05, 4.69) is 21.2 Å². The number of hydrogen-bond donors (Lipinski definition) is 1. The van der Waals surface area contributed by atoms with E-state index >= 15 is 0 Å². The summed E-state index contributed by atoms with van der Waals surface area (Å²) in [6, 6.07) is 7.09. The van der Waals surface area contributed by atoms with Gasteiger partial charge in [0, 0.05) is 11.1 Å². The van der Waals surface area contributed by atoms with Gasteiger partial charge in [0.25, 0.3) is 5.91 Å². The number of rotatable bonds is 3. The average Bonchev–Trinajstić information content (AvgIpc) is 2.80. The molecule has 1 heterocycles. The molecule has 0 aliphatic heterocycles. The fourth-order valence-electron chi connectivity index (χ4n) is 1.55. The molecule has 0 atom stereocenters. The van der Waals surface area contributed by atoms with E-state index in [4.69, 9.17) is 16.3 Å². The SMILES string of the molecule is COc1cc(Cl)c(C)cc1NC(=O)c1ccc(Br)s1. The zero-order valence-electron chi connectivity index (χ0n) is 10.3. The molecule has 19 heavy (non-hydrogen) atoms. The zero-order chi connectivity index (χ0) is 14.0. The van der Waals surface area contributed by atoms with Crippen molar-refractivity contribution < 1.29 is 9.53 Å². The Hall–Kier alpha value is -1.04. The smallest absolute Gasteiger partial charge is 0.265 e. The van der Waals surface area contributed by atoms with E-state index in [9.17, 15) is 4.79 Å². The van der Waals surface area contributed by atoms with Crippen molar-refractivity contribution in [1.29, 1.82) is 0 Å². The number of benzene rings is 1. The molecule has 3 nitrogen and oxygen atoms in total. The van der Waals surface area contributed by atoms with Crippen LogP contribution in [0.5, 0.6) is 5.75 Å². The van der Waals surface area contributed by atoms with Crippen molar-refractivity contribution in [2.45, 2.75) is 6.92 Å². The fraction of sp³-hybridized carbons (Fsp3) is 0.154. The quantitative estimate of drug-likeness (QED) is 0.859. The molecule has 0 saturated heterocycles. The lowest BCUT2D eigenvalue weighted by Crippen LogP contribution is -2.11. The predicted octanol–water partition coefficient (Wildman–Crippen LogP) is 4.73. The molecule has 0 spiro atoms. The maximum Gasteiger partial charge on any atom is 0.265 e. The minimum atomic E-state index is -0.171. The molecular weight excluding hydrogens is 350 g/mol. The lowest BCUT2D eigenvalue weighted by atomic mass is 10.2. The van der Waals surface area contributed by atoms with Crippen LogP contribution in [0.15, 0.2) is 28.1 Å². The molecule has 0 aliphatic rings. The second kappa shape index (κ2) is 5.94. The van der Waals surface area contributed by atoms with E-state index < -0.39 is 0 Å². The third-order valence-corrected chi connectivity index (χ3v) is 4.56. The van der Waals surface area contributed by atoms with Crippen LogP contribution in [0, 0.1) is 6.92 Å². The molecule has 100 valence electrons. The number of anilines is 1. The van der Waals surface area contributed by atoms with Gasteiger partial charge in [-0.2, -0.15) is 0 Å². The first-order valence-electron chi connectivity index (χ1n) is 5.42. The largest absolute Gasteiger partial charge is 0.495 e. The minimum Gasteiger partial charge on any atom is -0.495 e. The Kier molecular flexibility index (Phi) is 4.50. The number of hydrogen-bond acceptors (Lipinski definition) is 3. The summed E-state index contributed by atoms with van der Waals surface area (Å²) in [7, 11) is 1.54. The van der Waals surface area contributed by atoms with Gasteiger partial charge in [0.2, 0.25) is 0 Å². The molecule has 0 fully saturated rings. The molecule has 2 aromatic rings. The number of thiophene rings is 1. The summed E-state index contributed by atoms with van der Waals surface area (Å²) in [5, 5.41) is 3.43. The van der Waals surface area contributed by atoms with Gasteiger partial charge in [0.15, 0.2) is 0 Å². The Morgan fingerprint density at radius 2 is 2.16 bits per heavy atom. The van der Waals surface area contributed by atoms with Gasteiger partial charge in [0.1, 0.15) is 5.75 Å². The highest BCUT2D eigenvalue weighted by atomic mass is 79.9. The van der Waals surface area contributed by atoms with E-state index in [1.54, 1.807) is 25.3 Å². The second-order valence-electron chi connectivity index (χ2n) is 3.86.